The Kier molecular flexibility index (Phi) is 4.16. The van der Waals surface area contributed by atoms with Gasteiger partial charge in [0, 0.05) is 6.04 Å². The smallest absolute Gasteiger partial charge is 0.326 e. The zero-order chi connectivity index (χ0) is 18.8. The number of imidazole rings is 1. The van der Waals surface area contributed by atoms with Crippen molar-refractivity contribution in [2.24, 2.45) is 0 Å². The molecular formula is C16H16N10O. The molecule has 0 aromatic carbocycles. The molecule has 0 atom stereocenters. The summed E-state index contributed by atoms with van der Waals surface area (Å²) >= 11 is 0. The fourth-order valence-electron chi connectivity index (χ4n) is 2.55. The molecule has 0 fully saturated rings. The van der Waals surface area contributed by atoms with Crippen LogP contribution in [0.1, 0.15) is 19.9 Å². The normalized spacial score (nSPS) is 11.1. The molecule has 0 aliphatic heterocycles. The van der Waals surface area contributed by atoms with Crippen LogP contribution in [0.5, 0.6) is 0 Å². The number of aromatic nitrogens is 8. The molecule has 2 amide bonds. The van der Waals surface area contributed by atoms with E-state index in [1.54, 1.807) is 18.5 Å². The summed E-state index contributed by atoms with van der Waals surface area (Å²) in [7, 11) is 0. The van der Waals surface area contributed by atoms with Crippen molar-refractivity contribution in [3.05, 3.63) is 37.2 Å². The van der Waals surface area contributed by atoms with E-state index in [0.717, 1.165) is 0 Å². The van der Waals surface area contributed by atoms with Gasteiger partial charge in [0.25, 0.3) is 0 Å². The summed E-state index contributed by atoms with van der Waals surface area (Å²) < 4.78 is 1.90. The van der Waals surface area contributed by atoms with Crippen LogP contribution in [0.4, 0.5) is 16.4 Å². The zero-order valence-corrected chi connectivity index (χ0v) is 14.6. The van der Waals surface area contributed by atoms with Crippen LogP contribution in [0.3, 0.4) is 0 Å². The average molecular weight is 364 g/mol. The Morgan fingerprint density at radius 2 is 2.07 bits per heavy atom. The van der Waals surface area contributed by atoms with E-state index in [-0.39, 0.29) is 6.04 Å². The second kappa shape index (κ2) is 6.78. The summed E-state index contributed by atoms with van der Waals surface area (Å²) in [6, 6.07) is 4.98. The maximum absolute atomic E-state index is 12.3. The van der Waals surface area contributed by atoms with Crippen molar-refractivity contribution in [3.63, 3.8) is 0 Å². The van der Waals surface area contributed by atoms with Crippen LogP contribution in [0.15, 0.2) is 37.2 Å². The van der Waals surface area contributed by atoms with Crippen molar-refractivity contribution >= 4 is 28.8 Å². The summed E-state index contributed by atoms with van der Waals surface area (Å²) in [6.45, 7) is 4.06. The number of hydrogen-bond donors (Lipinski definition) is 3. The number of urea groups is 1. The SMILES string of the molecule is CC(C)n1cnnc1-c1cccc(NC(=O)Nc2ncnc3nc[nH]c23)n1. The van der Waals surface area contributed by atoms with Gasteiger partial charge >= 0.3 is 6.03 Å². The molecule has 0 radical (unpaired) electrons. The molecule has 0 unspecified atom stereocenters. The fourth-order valence-corrected chi connectivity index (χ4v) is 2.55. The van der Waals surface area contributed by atoms with Gasteiger partial charge in [0.15, 0.2) is 17.3 Å². The van der Waals surface area contributed by atoms with Crippen LogP contribution in [0, 0.1) is 0 Å². The number of amides is 2. The number of nitrogens with one attached hydrogen (secondary N) is 3. The second-order valence-electron chi connectivity index (χ2n) is 5.97. The summed E-state index contributed by atoms with van der Waals surface area (Å²) in [6.07, 6.45) is 4.47. The summed E-state index contributed by atoms with van der Waals surface area (Å²) in [5, 5.41) is 13.4. The molecule has 4 aromatic rings. The molecule has 11 nitrogen and oxygen atoms in total. The molecule has 4 heterocycles. The van der Waals surface area contributed by atoms with Gasteiger partial charge in [0.2, 0.25) is 0 Å². The fraction of sp³-hybridized carbons (Fsp3) is 0.188. The van der Waals surface area contributed by atoms with Gasteiger partial charge < -0.3 is 9.55 Å². The summed E-state index contributed by atoms with van der Waals surface area (Å²) in [4.78, 5) is 31.7. The lowest BCUT2D eigenvalue weighted by molar-refractivity contribution is 0.262. The minimum atomic E-state index is -0.487. The number of carbonyl (C=O) groups is 1. The highest BCUT2D eigenvalue weighted by molar-refractivity contribution is 6.02. The molecule has 0 spiro atoms. The lowest BCUT2D eigenvalue weighted by atomic mass is 10.3. The highest BCUT2D eigenvalue weighted by atomic mass is 16.2. The number of aromatic amines is 1. The molecule has 136 valence electrons. The molecule has 4 aromatic heterocycles. The van der Waals surface area contributed by atoms with Gasteiger partial charge in [-0.05, 0) is 26.0 Å². The maximum Gasteiger partial charge on any atom is 0.326 e. The first kappa shape index (κ1) is 16.6. The van der Waals surface area contributed by atoms with E-state index < -0.39 is 6.03 Å². The number of pyridine rings is 1. The van der Waals surface area contributed by atoms with Gasteiger partial charge in [0.05, 0.1) is 6.33 Å². The van der Waals surface area contributed by atoms with E-state index in [9.17, 15) is 4.79 Å². The van der Waals surface area contributed by atoms with Gasteiger partial charge in [-0.25, -0.2) is 24.7 Å². The molecular weight excluding hydrogens is 348 g/mol. The van der Waals surface area contributed by atoms with Gasteiger partial charge in [-0.1, -0.05) is 6.07 Å². The average Bonchev–Trinajstić information content (AvgIpc) is 3.32. The van der Waals surface area contributed by atoms with Crippen molar-refractivity contribution in [2.75, 3.05) is 10.6 Å². The predicted molar refractivity (Wildman–Crippen MR) is 98.0 cm³/mol. The Morgan fingerprint density at radius 3 is 2.93 bits per heavy atom. The van der Waals surface area contributed by atoms with Crippen molar-refractivity contribution in [2.45, 2.75) is 19.9 Å². The third-order valence-corrected chi connectivity index (χ3v) is 3.80. The lowest BCUT2D eigenvalue weighted by Gasteiger charge is -2.11. The van der Waals surface area contributed by atoms with Crippen molar-refractivity contribution in [1.82, 2.24) is 39.7 Å². The molecule has 3 N–H and O–H groups in total. The minimum Gasteiger partial charge on any atom is -0.340 e. The first-order chi connectivity index (χ1) is 13.1. The van der Waals surface area contributed by atoms with Gasteiger partial charge in [0.1, 0.15) is 29.7 Å². The largest absolute Gasteiger partial charge is 0.340 e. The van der Waals surface area contributed by atoms with E-state index in [0.29, 0.717) is 34.3 Å². The molecule has 0 bridgehead atoms. The van der Waals surface area contributed by atoms with Crippen LogP contribution in [-0.4, -0.2) is 45.7 Å². The Hall–Kier alpha value is -3.89. The number of H-pyrrole nitrogens is 1. The second-order valence-corrected chi connectivity index (χ2v) is 5.97. The van der Waals surface area contributed by atoms with Gasteiger partial charge in [-0.2, -0.15) is 0 Å². The number of anilines is 2. The quantitative estimate of drug-likeness (QED) is 0.504. The molecule has 0 saturated carbocycles. The monoisotopic (exact) mass is 364 g/mol. The number of rotatable bonds is 4. The van der Waals surface area contributed by atoms with E-state index in [1.165, 1.54) is 12.7 Å². The number of fused-ring (bicyclic) bond motifs is 1. The molecule has 0 aliphatic rings. The Balaban J connectivity index is 1.54. The standard InChI is InChI=1S/C16H16N10O/c1-9(2)26-8-21-25-15(26)10-4-3-5-11(22-10)23-16(27)24-14-12-13(18-6-17-12)19-7-20-14/h3-9H,1-2H3,(H3,17,18,19,20,22,23,24,27). The van der Waals surface area contributed by atoms with E-state index >= 15 is 0 Å². The summed E-state index contributed by atoms with van der Waals surface area (Å²) in [5.74, 6) is 1.33. The Morgan fingerprint density at radius 1 is 1.19 bits per heavy atom. The van der Waals surface area contributed by atoms with E-state index in [1.807, 2.05) is 24.5 Å². The Labute approximate surface area is 153 Å². The van der Waals surface area contributed by atoms with Crippen LogP contribution in [-0.2, 0) is 0 Å². The summed E-state index contributed by atoms with van der Waals surface area (Å²) in [5.41, 5.74) is 1.62. The molecule has 4 rings (SSSR count). The van der Waals surface area contributed by atoms with Crippen LogP contribution < -0.4 is 10.6 Å². The minimum absolute atomic E-state index is 0.186. The highest BCUT2D eigenvalue weighted by Gasteiger charge is 2.13. The van der Waals surface area contributed by atoms with Crippen molar-refractivity contribution in [3.8, 4) is 11.5 Å². The first-order valence-corrected chi connectivity index (χ1v) is 8.21. The zero-order valence-electron chi connectivity index (χ0n) is 14.6. The lowest BCUT2D eigenvalue weighted by Crippen LogP contribution is -2.21. The Bertz CT molecular complexity index is 1100. The van der Waals surface area contributed by atoms with Crippen LogP contribution >= 0.6 is 0 Å². The molecule has 0 saturated heterocycles. The van der Waals surface area contributed by atoms with Crippen molar-refractivity contribution in [1.29, 1.82) is 0 Å². The van der Waals surface area contributed by atoms with Crippen molar-refractivity contribution < 1.29 is 4.79 Å². The number of hydrogen-bond acceptors (Lipinski definition) is 7. The third kappa shape index (κ3) is 3.29. The third-order valence-electron chi connectivity index (χ3n) is 3.80. The number of carbonyl (C=O) groups excluding carboxylic acids is 1. The molecule has 11 heteroatoms. The van der Waals surface area contributed by atoms with E-state index in [4.69, 9.17) is 0 Å². The molecule has 27 heavy (non-hydrogen) atoms. The highest BCUT2D eigenvalue weighted by Crippen LogP contribution is 2.20. The van der Waals surface area contributed by atoms with Crippen LogP contribution in [0.25, 0.3) is 22.7 Å². The topological polar surface area (TPSA) is 139 Å². The first-order valence-electron chi connectivity index (χ1n) is 8.21. The van der Waals surface area contributed by atoms with Crippen LogP contribution in [0.2, 0.25) is 0 Å². The maximum atomic E-state index is 12.3. The van der Waals surface area contributed by atoms with E-state index in [2.05, 4.69) is 45.8 Å². The number of nitrogens with zero attached hydrogens (tertiary/aromatic N) is 7. The molecule has 0 aliphatic carbocycles. The van der Waals surface area contributed by atoms with Gasteiger partial charge in [-0.3, -0.25) is 10.6 Å². The predicted octanol–water partition coefficient (Wildman–Crippen LogP) is 2.23. The van der Waals surface area contributed by atoms with Gasteiger partial charge in [-0.15, -0.1) is 10.2 Å².